The fourth-order valence-corrected chi connectivity index (χ4v) is 2.92. The molecule has 2 N–H and O–H groups in total. The molecule has 4 nitrogen and oxygen atoms in total. The van der Waals surface area contributed by atoms with Gasteiger partial charge >= 0.3 is 0 Å². The zero-order valence-electron chi connectivity index (χ0n) is 15.4. The highest BCUT2D eigenvalue weighted by Gasteiger charge is 2.45. The molecule has 2 amide bonds. The zero-order valence-corrected chi connectivity index (χ0v) is 15.4. The van der Waals surface area contributed by atoms with Crippen molar-refractivity contribution in [1.29, 1.82) is 0 Å². The van der Waals surface area contributed by atoms with Gasteiger partial charge in [0.05, 0.1) is 5.41 Å². The minimum Gasteiger partial charge on any atom is -0.355 e. The predicted octanol–water partition coefficient (Wildman–Crippen LogP) is 4.01. The van der Waals surface area contributed by atoms with Crippen molar-refractivity contribution in [3.8, 4) is 0 Å². The van der Waals surface area contributed by atoms with Crippen LogP contribution in [-0.2, 0) is 15.0 Å². The first-order valence-electron chi connectivity index (χ1n) is 9.00. The van der Waals surface area contributed by atoms with Crippen LogP contribution in [0, 0.1) is 5.41 Å². The SMILES string of the molecule is CCCCNC(=O)C1(c2ccc(NC(=O)C(C)(C)C)cc2)CCC1. The van der Waals surface area contributed by atoms with Gasteiger partial charge in [-0.1, -0.05) is 52.7 Å². The molecular weight excluding hydrogens is 300 g/mol. The minimum absolute atomic E-state index is 0.00841. The lowest BCUT2D eigenvalue weighted by atomic mass is 9.63. The fraction of sp³-hybridized carbons (Fsp3) is 0.600. The van der Waals surface area contributed by atoms with E-state index < -0.39 is 5.41 Å². The molecule has 1 saturated carbocycles. The molecule has 2 rings (SSSR count). The molecule has 0 aromatic heterocycles. The van der Waals surface area contributed by atoms with Crippen LogP contribution in [0.4, 0.5) is 5.69 Å². The number of hydrogen-bond acceptors (Lipinski definition) is 2. The third kappa shape index (κ3) is 3.97. The number of nitrogens with one attached hydrogen (secondary N) is 2. The Morgan fingerprint density at radius 2 is 1.75 bits per heavy atom. The molecule has 0 spiro atoms. The Balaban J connectivity index is 2.08. The van der Waals surface area contributed by atoms with Gasteiger partial charge in [0.15, 0.2) is 0 Å². The molecule has 1 aliphatic rings. The Hall–Kier alpha value is -1.84. The van der Waals surface area contributed by atoms with Crippen LogP contribution in [0.2, 0.25) is 0 Å². The highest BCUT2D eigenvalue weighted by molar-refractivity contribution is 5.94. The molecule has 4 heteroatoms. The van der Waals surface area contributed by atoms with Crippen molar-refractivity contribution in [2.45, 2.75) is 65.2 Å². The van der Waals surface area contributed by atoms with Crippen molar-refractivity contribution in [2.24, 2.45) is 5.41 Å². The number of unbranched alkanes of at least 4 members (excludes halogenated alkanes) is 1. The monoisotopic (exact) mass is 330 g/mol. The summed E-state index contributed by atoms with van der Waals surface area (Å²) >= 11 is 0. The predicted molar refractivity (Wildman–Crippen MR) is 98.0 cm³/mol. The van der Waals surface area contributed by atoms with Crippen LogP contribution >= 0.6 is 0 Å². The summed E-state index contributed by atoms with van der Waals surface area (Å²) in [5.41, 5.74) is 1.03. The smallest absolute Gasteiger partial charge is 0.230 e. The second-order valence-electron chi connectivity index (χ2n) is 7.83. The Morgan fingerprint density at radius 1 is 1.12 bits per heavy atom. The summed E-state index contributed by atoms with van der Waals surface area (Å²) in [7, 11) is 0. The topological polar surface area (TPSA) is 58.2 Å². The maximum atomic E-state index is 12.6. The van der Waals surface area contributed by atoms with E-state index in [2.05, 4.69) is 17.6 Å². The van der Waals surface area contributed by atoms with E-state index in [1.54, 1.807) is 0 Å². The van der Waals surface area contributed by atoms with Gasteiger partial charge in [-0.05, 0) is 37.0 Å². The molecule has 0 aliphatic heterocycles. The van der Waals surface area contributed by atoms with E-state index in [9.17, 15) is 9.59 Å². The van der Waals surface area contributed by atoms with Crippen LogP contribution in [0.15, 0.2) is 24.3 Å². The van der Waals surface area contributed by atoms with E-state index in [0.29, 0.717) is 0 Å². The number of rotatable bonds is 6. The lowest BCUT2D eigenvalue weighted by Gasteiger charge is -2.40. The molecule has 0 saturated heterocycles. The second-order valence-corrected chi connectivity index (χ2v) is 7.83. The van der Waals surface area contributed by atoms with Crippen molar-refractivity contribution < 1.29 is 9.59 Å². The molecule has 0 heterocycles. The summed E-state index contributed by atoms with van der Waals surface area (Å²) < 4.78 is 0. The molecule has 1 aromatic rings. The number of benzene rings is 1. The highest BCUT2D eigenvalue weighted by Crippen LogP contribution is 2.44. The zero-order chi connectivity index (χ0) is 17.8. The fourth-order valence-electron chi connectivity index (χ4n) is 2.92. The van der Waals surface area contributed by atoms with Crippen molar-refractivity contribution in [3.05, 3.63) is 29.8 Å². The van der Waals surface area contributed by atoms with E-state index in [0.717, 1.165) is 49.9 Å². The first-order chi connectivity index (χ1) is 11.3. The summed E-state index contributed by atoms with van der Waals surface area (Å²) in [6.07, 6.45) is 4.98. The first kappa shape index (κ1) is 18.5. The molecule has 1 aliphatic carbocycles. The van der Waals surface area contributed by atoms with Crippen molar-refractivity contribution in [1.82, 2.24) is 5.32 Å². The van der Waals surface area contributed by atoms with Crippen molar-refractivity contribution in [2.75, 3.05) is 11.9 Å². The summed E-state index contributed by atoms with van der Waals surface area (Å²) in [6.45, 7) is 8.54. The average molecular weight is 330 g/mol. The van der Waals surface area contributed by atoms with E-state index in [4.69, 9.17) is 0 Å². The molecule has 0 unspecified atom stereocenters. The maximum Gasteiger partial charge on any atom is 0.230 e. The third-order valence-corrected chi connectivity index (χ3v) is 4.83. The lowest BCUT2D eigenvalue weighted by molar-refractivity contribution is -0.130. The Labute approximate surface area is 145 Å². The van der Waals surface area contributed by atoms with E-state index >= 15 is 0 Å². The molecule has 1 fully saturated rings. The largest absolute Gasteiger partial charge is 0.355 e. The maximum absolute atomic E-state index is 12.6. The molecule has 0 radical (unpaired) electrons. The molecule has 132 valence electrons. The Kier molecular flexibility index (Phi) is 5.68. The van der Waals surface area contributed by atoms with Gasteiger partial charge in [-0.15, -0.1) is 0 Å². The van der Waals surface area contributed by atoms with Crippen molar-refractivity contribution in [3.63, 3.8) is 0 Å². The molecule has 1 aromatic carbocycles. The van der Waals surface area contributed by atoms with Gasteiger partial charge in [0.2, 0.25) is 11.8 Å². The van der Waals surface area contributed by atoms with E-state index in [1.807, 2.05) is 45.0 Å². The number of anilines is 1. The number of carbonyl (C=O) groups is 2. The van der Waals surface area contributed by atoms with Crippen LogP contribution in [0.5, 0.6) is 0 Å². The molecule has 0 atom stereocenters. The second kappa shape index (κ2) is 7.37. The molecule has 0 bridgehead atoms. The Bertz CT molecular complexity index is 581. The van der Waals surface area contributed by atoms with Gasteiger partial charge in [0.25, 0.3) is 0 Å². The van der Waals surface area contributed by atoms with Crippen LogP contribution in [0.1, 0.15) is 65.4 Å². The quantitative estimate of drug-likeness (QED) is 0.774. The van der Waals surface area contributed by atoms with Crippen LogP contribution in [0.3, 0.4) is 0 Å². The number of hydrogen-bond donors (Lipinski definition) is 2. The van der Waals surface area contributed by atoms with Crippen molar-refractivity contribution >= 4 is 17.5 Å². The normalized spacial score (nSPS) is 16.2. The van der Waals surface area contributed by atoms with Crippen LogP contribution < -0.4 is 10.6 Å². The van der Waals surface area contributed by atoms with Gasteiger partial charge in [0.1, 0.15) is 0 Å². The first-order valence-corrected chi connectivity index (χ1v) is 9.00. The number of carbonyl (C=O) groups excluding carboxylic acids is 2. The van der Waals surface area contributed by atoms with E-state index in [1.165, 1.54) is 0 Å². The molecule has 24 heavy (non-hydrogen) atoms. The van der Waals surface area contributed by atoms with Crippen LogP contribution in [-0.4, -0.2) is 18.4 Å². The van der Waals surface area contributed by atoms with E-state index in [-0.39, 0.29) is 17.2 Å². The van der Waals surface area contributed by atoms with Gasteiger partial charge in [0, 0.05) is 17.6 Å². The van der Waals surface area contributed by atoms with Gasteiger partial charge in [-0.25, -0.2) is 0 Å². The summed E-state index contributed by atoms with van der Waals surface area (Å²) in [5, 5.41) is 6.01. The summed E-state index contributed by atoms with van der Waals surface area (Å²) in [6, 6.07) is 7.77. The van der Waals surface area contributed by atoms with Crippen LogP contribution in [0.25, 0.3) is 0 Å². The number of amides is 2. The van der Waals surface area contributed by atoms with Gasteiger partial charge < -0.3 is 10.6 Å². The van der Waals surface area contributed by atoms with Gasteiger partial charge in [-0.2, -0.15) is 0 Å². The van der Waals surface area contributed by atoms with Gasteiger partial charge in [-0.3, -0.25) is 9.59 Å². The Morgan fingerprint density at radius 3 is 2.21 bits per heavy atom. The lowest BCUT2D eigenvalue weighted by Crippen LogP contribution is -2.49. The summed E-state index contributed by atoms with van der Waals surface area (Å²) in [4.78, 5) is 24.7. The average Bonchev–Trinajstić information content (AvgIpc) is 2.47. The standard InChI is InChI=1S/C20H30N2O2/c1-5-6-14-21-18(24)20(12-7-13-20)15-8-10-16(11-9-15)22-17(23)19(2,3)4/h8-11H,5-7,12-14H2,1-4H3,(H,21,24)(H,22,23). The minimum atomic E-state index is -0.424. The molecular formula is C20H30N2O2. The highest BCUT2D eigenvalue weighted by atomic mass is 16.2. The summed E-state index contributed by atoms with van der Waals surface area (Å²) in [5.74, 6) is 0.139. The third-order valence-electron chi connectivity index (χ3n) is 4.83.